The van der Waals surface area contributed by atoms with Gasteiger partial charge in [-0.3, -0.25) is 9.59 Å². The molecule has 1 aliphatic heterocycles. The quantitative estimate of drug-likeness (QED) is 0.792. The second-order valence-electron chi connectivity index (χ2n) is 3.46. The normalized spacial score (nSPS) is 18.8. The van der Waals surface area contributed by atoms with Crippen LogP contribution in [0.1, 0.15) is 28.3 Å². The molecule has 0 aromatic heterocycles. The van der Waals surface area contributed by atoms with Crippen LogP contribution in [-0.2, 0) is 9.53 Å². The van der Waals surface area contributed by atoms with Crippen molar-refractivity contribution in [2.75, 3.05) is 6.61 Å². The van der Waals surface area contributed by atoms with Crippen LogP contribution in [0.4, 0.5) is 0 Å². The Bertz CT molecular complexity index is 419. The summed E-state index contributed by atoms with van der Waals surface area (Å²) in [4.78, 5) is 22.5. The Balaban J connectivity index is 0.00000128. The molecule has 1 heterocycles. The fourth-order valence-corrected chi connectivity index (χ4v) is 1.80. The molecule has 4 nitrogen and oxygen atoms in total. The van der Waals surface area contributed by atoms with Gasteiger partial charge >= 0.3 is 5.97 Å². The Morgan fingerprint density at radius 1 is 1.38 bits per heavy atom. The first-order chi connectivity index (χ1) is 7.20. The van der Waals surface area contributed by atoms with Gasteiger partial charge in [0.2, 0.25) is 5.91 Å². The lowest BCUT2D eigenvalue weighted by atomic mass is 9.93. The van der Waals surface area contributed by atoms with Crippen LogP contribution in [0.3, 0.4) is 0 Å². The molecule has 86 valence electrons. The number of rotatable bonds is 2. The van der Waals surface area contributed by atoms with Crippen molar-refractivity contribution in [2.45, 2.75) is 12.3 Å². The number of carbonyl (C=O) groups excluding carboxylic acids is 2. The lowest BCUT2D eigenvalue weighted by Crippen LogP contribution is -2.17. The van der Waals surface area contributed by atoms with E-state index in [0.717, 1.165) is 0 Å². The minimum atomic E-state index is -0.509. The van der Waals surface area contributed by atoms with Crippen molar-refractivity contribution >= 4 is 24.3 Å². The van der Waals surface area contributed by atoms with Gasteiger partial charge < -0.3 is 10.5 Å². The zero-order valence-electron chi connectivity index (χ0n) is 8.51. The average molecular weight is 242 g/mol. The van der Waals surface area contributed by atoms with E-state index in [1.807, 2.05) is 0 Å². The molecule has 1 fully saturated rings. The molecule has 0 spiro atoms. The maximum absolute atomic E-state index is 11.4. The third-order valence-corrected chi connectivity index (χ3v) is 2.54. The largest absolute Gasteiger partial charge is 0.465 e. The van der Waals surface area contributed by atoms with Gasteiger partial charge in [-0.25, -0.2) is 0 Å². The predicted molar refractivity (Wildman–Crippen MR) is 60.5 cm³/mol. The van der Waals surface area contributed by atoms with Crippen LogP contribution in [0.5, 0.6) is 0 Å². The van der Waals surface area contributed by atoms with E-state index in [1.165, 1.54) is 0 Å². The molecule has 1 atom stereocenters. The third kappa shape index (κ3) is 2.17. The van der Waals surface area contributed by atoms with Gasteiger partial charge in [-0.05, 0) is 18.1 Å². The van der Waals surface area contributed by atoms with Crippen LogP contribution in [0, 0.1) is 0 Å². The van der Waals surface area contributed by atoms with E-state index in [9.17, 15) is 9.59 Å². The lowest BCUT2D eigenvalue weighted by molar-refractivity contribution is -0.139. The third-order valence-electron chi connectivity index (χ3n) is 2.54. The summed E-state index contributed by atoms with van der Waals surface area (Å²) in [6, 6.07) is 6.89. The Labute approximate surface area is 99.2 Å². The molecule has 5 heteroatoms. The van der Waals surface area contributed by atoms with Crippen molar-refractivity contribution in [3.63, 3.8) is 0 Å². The summed E-state index contributed by atoms with van der Waals surface area (Å²) >= 11 is 0. The molecular formula is C11H12ClNO3. The molecule has 1 aromatic rings. The van der Waals surface area contributed by atoms with E-state index in [0.29, 0.717) is 24.2 Å². The lowest BCUT2D eigenvalue weighted by Gasteiger charge is -2.09. The summed E-state index contributed by atoms with van der Waals surface area (Å²) in [5.41, 5.74) is 6.31. The van der Waals surface area contributed by atoms with E-state index in [1.54, 1.807) is 24.3 Å². The summed E-state index contributed by atoms with van der Waals surface area (Å²) in [7, 11) is 0. The number of cyclic esters (lactones) is 1. The number of hydrogen-bond donors (Lipinski definition) is 1. The monoisotopic (exact) mass is 241 g/mol. The SMILES string of the molecule is Cl.NC(=O)c1ccccc1[C@H]1CCOC1=O. The first-order valence-corrected chi connectivity index (χ1v) is 4.75. The van der Waals surface area contributed by atoms with Crippen molar-refractivity contribution in [1.82, 2.24) is 0 Å². The van der Waals surface area contributed by atoms with E-state index in [-0.39, 0.29) is 24.3 Å². The first kappa shape index (κ1) is 12.5. The van der Waals surface area contributed by atoms with Crippen molar-refractivity contribution in [1.29, 1.82) is 0 Å². The number of primary amides is 1. The summed E-state index contributed by atoms with van der Waals surface area (Å²) < 4.78 is 4.86. The predicted octanol–water partition coefficient (Wildman–Crippen LogP) is 1.24. The van der Waals surface area contributed by atoms with Crippen LogP contribution in [0.2, 0.25) is 0 Å². The number of amides is 1. The Morgan fingerprint density at radius 3 is 2.62 bits per heavy atom. The molecule has 0 saturated carbocycles. The number of ether oxygens (including phenoxy) is 1. The van der Waals surface area contributed by atoms with Crippen LogP contribution in [0.25, 0.3) is 0 Å². The van der Waals surface area contributed by atoms with Crippen LogP contribution in [-0.4, -0.2) is 18.5 Å². The zero-order chi connectivity index (χ0) is 10.8. The highest BCUT2D eigenvalue weighted by molar-refractivity contribution is 5.96. The standard InChI is InChI=1S/C11H11NO3.ClH/c12-10(13)8-4-2-1-3-7(8)9-5-6-15-11(9)14;/h1-4,9H,5-6H2,(H2,12,13);1H/t9-;/m1./s1. The molecule has 2 N–H and O–H groups in total. The van der Waals surface area contributed by atoms with Gasteiger partial charge in [0.1, 0.15) is 0 Å². The van der Waals surface area contributed by atoms with Gasteiger partial charge in [0.15, 0.2) is 0 Å². The molecule has 2 rings (SSSR count). The molecule has 1 aliphatic rings. The zero-order valence-corrected chi connectivity index (χ0v) is 9.33. The van der Waals surface area contributed by atoms with Gasteiger partial charge in [-0.1, -0.05) is 18.2 Å². The molecule has 1 amide bonds. The molecular weight excluding hydrogens is 230 g/mol. The minimum absolute atomic E-state index is 0. The molecule has 0 radical (unpaired) electrons. The second kappa shape index (κ2) is 4.99. The van der Waals surface area contributed by atoms with Crippen LogP contribution >= 0.6 is 12.4 Å². The van der Waals surface area contributed by atoms with Crippen molar-refractivity contribution in [3.05, 3.63) is 35.4 Å². The first-order valence-electron chi connectivity index (χ1n) is 4.75. The molecule has 0 bridgehead atoms. The number of hydrogen-bond acceptors (Lipinski definition) is 3. The highest BCUT2D eigenvalue weighted by Crippen LogP contribution is 2.28. The number of benzene rings is 1. The summed E-state index contributed by atoms with van der Waals surface area (Å²) in [5.74, 6) is -1.12. The van der Waals surface area contributed by atoms with Gasteiger partial charge in [0.25, 0.3) is 0 Å². The topological polar surface area (TPSA) is 69.4 Å². The van der Waals surface area contributed by atoms with E-state index in [4.69, 9.17) is 10.5 Å². The maximum Gasteiger partial charge on any atom is 0.313 e. The fourth-order valence-electron chi connectivity index (χ4n) is 1.80. The van der Waals surface area contributed by atoms with E-state index < -0.39 is 5.91 Å². The number of carbonyl (C=O) groups is 2. The minimum Gasteiger partial charge on any atom is -0.465 e. The summed E-state index contributed by atoms with van der Waals surface area (Å²) in [6.45, 7) is 0.413. The van der Waals surface area contributed by atoms with Crippen LogP contribution < -0.4 is 5.73 Å². The van der Waals surface area contributed by atoms with E-state index in [2.05, 4.69) is 0 Å². The molecule has 1 saturated heterocycles. The number of halogens is 1. The molecule has 16 heavy (non-hydrogen) atoms. The van der Waals surface area contributed by atoms with Gasteiger partial charge in [-0.2, -0.15) is 0 Å². The van der Waals surface area contributed by atoms with Crippen molar-refractivity contribution in [2.24, 2.45) is 5.73 Å². The second-order valence-corrected chi connectivity index (χ2v) is 3.46. The molecule has 0 aliphatic carbocycles. The number of nitrogens with two attached hydrogens (primary N) is 1. The van der Waals surface area contributed by atoms with Gasteiger partial charge in [0.05, 0.1) is 12.5 Å². The van der Waals surface area contributed by atoms with Crippen LogP contribution in [0.15, 0.2) is 24.3 Å². The Morgan fingerprint density at radius 2 is 2.06 bits per heavy atom. The highest BCUT2D eigenvalue weighted by atomic mass is 35.5. The molecule has 1 aromatic carbocycles. The average Bonchev–Trinajstić information content (AvgIpc) is 2.64. The van der Waals surface area contributed by atoms with Crippen molar-refractivity contribution in [3.8, 4) is 0 Å². The Kier molecular flexibility index (Phi) is 3.90. The smallest absolute Gasteiger partial charge is 0.313 e. The van der Waals surface area contributed by atoms with E-state index >= 15 is 0 Å². The molecule has 0 unspecified atom stereocenters. The Hall–Kier alpha value is -1.55. The van der Waals surface area contributed by atoms with Gasteiger partial charge in [0, 0.05) is 5.56 Å². The van der Waals surface area contributed by atoms with Crippen molar-refractivity contribution < 1.29 is 14.3 Å². The fraction of sp³-hybridized carbons (Fsp3) is 0.273. The maximum atomic E-state index is 11.4. The summed E-state index contributed by atoms with van der Waals surface area (Å²) in [5, 5.41) is 0. The summed E-state index contributed by atoms with van der Waals surface area (Å²) in [6.07, 6.45) is 0.614. The van der Waals surface area contributed by atoms with Gasteiger partial charge in [-0.15, -0.1) is 12.4 Å². The highest BCUT2D eigenvalue weighted by Gasteiger charge is 2.30. The number of esters is 1.